The van der Waals surface area contributed by atoms with Gasteiger partial charge >= 0.3 is 6.09 Å². The molecule has 0 radical (unpaired) electrons. The number of fused-ring (bicyclic) bond motifs is 3. The Labute approximate surface area is 201 Å². The number of carbonyl (C=O) groups is 1. The smallest absolute Gasteiger partial charge is 0.410 e. The van der Waals surface area contributed by atoms with Crippen LogP contribution in [0.5, 0.6) is 5.75 Å². The molecule has 3 N–H and O–H groups in total. The Morgan fingerprint density at radius 1 is 1.09 bits per heavy atom. The molecule has 0 fully saturated rings. The number of nitrogens with one attached hydrogen (secondary N) is 1. The maximum absolute atomic E-state index is 13.3. The average molecular weight is 504 g/mol. The van der Waals surface area contributed by atoms with Crippen molar-refractivity contribution in [2.45, 2.75) is 32.2 Å². The van der Waals surface area contributed by atoms with E-state index in [4.69, 9.17) is 10.5 Å². The van der Waals surface area contributed by atoms with Gasteiger partial charge in [0.25, 0.3) is 0 Å². The molecule has 1 aliphatic heterocycles. The van der Waals surface area contributed by atoms with Gasteiger partial charge < -0.3 is 15.5 Å². The fraction of sp³-hybridized carbons (Fsp3) is 0.222. The second-order valence-corrected chi connectivity index (χ2v) is 9.73. The Balaban J connectivity index is 1.57. The molecular formula is C27H26BrN3O2. The van der Waals surface area contributed by atoms with Gasteiger partial charge in [-0.1, -0.05) is 54.0 Å². The summed E-state index contributed by atoms with van der Waals surface area (Å²) in [5, 5.41) is 1.19. The lowest BCUT2D eigenvalue weighted by molar-refractivity contribution is 0.135. The quantitative estimate of drug-likeness (QED) is 0.302. The summed E-state index contributed by atoms with van der Waals surface area (Å²) < 4.78 is 6.78. The third kappa shape index (κ3) is 4.11. The Morgan fingerprint density at radius 2 is 1.82 bits per heavy atom. The Hall–Kier alpha value is -3.25. The van der Waals surface area contributed by atoms with Crippen molar-refractivity contribution < 1.29 is 9.53 Å². The highest BCUT2D eigenvalue weighted by Crippen LogP contribution is 2.39. The number of hydrogen-bond acceptors (Lipinski definition) is 3. The van der Waals surface area contributed by atoms with Gasteiger partial charge in [-0.2, -0.15) is 0 Å². The number of nitrogens with two attached hydrogens (primary N) is 1. The van der Waals surface area contributed by atoms with E-state index >= 15 is 0 Å². The van der Waals surface area contributed by atoms with Gasteiger partial charge in [-0.25, -0.2) is 4.79 Å². The monoisotopic (exact) mass is 503 g/mol. The molecule has 0 saturated heterocycles. The third-order valence-electron chi connectivity index (χ3n) is 6.33. The highest BCUT2D eigenvalue weighted by atomic mass is 79.9. The summed E-state index contributed by atoms with van der Waals surface area (Å²) in [5.41, 5.74) is 12.1. The van der Waals surface area contributed by atoms with Crippen LogP contribution in [0.1, 0.15) is 48.2 Å². The van der Waals surface area contributed by atoms with Crippen molar-refractivity contribution in [3.63, 3.8) is 0 Å². The SMILES string of the molecule is CC(C)c1ccc(C2c3[nH]c4ccc(Br)cc4c3CCN2C(=O)Oc2ccc(N)cc2)cc1. The zero-order valence-electron chi connectivity index (χ0n) is 18.6. The summed E-state index contributed by atoms with van der Waals surface area (Å²) in [5.74, 6) is 0.924. The van der Waals surface area contributed by atoms with Crippen molar-refractivity contribution in [3.8, 4) is 5.75 Å². The van der Waals surface area contributed by atoms with Crippen molar-refractivity contribution in [1.29, 1.82) is 0 Å². The summed E-state index contributed by atoms with van der Waals surface area (Å²) in [6.45, 7) is 4.93. The van der Waals surface area contributed by atoms with Crippen LogP contribution in [0.4, 0.5) is 10.5 Å². The molecule has 0 aliphatic carbocycles. The second kappa shape index (κ2) is 8.60. The number of carbonyl (C=O) groups excluding carboxylic acids is 1. The molecule has 0 spiro atoms. The highest BCUT2D eigenvalue weighted by molar-refractivity contribution is 9.10. The summed E-state index contributed by atoms with van der Waals surface area (Å²) in [6.07, 6.45) is 0.381. The van der Waals surface area contributed by atoms with E-state index in [0.29, 0.717) is 23.9 Å². The zero-order chi connectivity index (χ0) is 23.1. The van der Waals surface area contributed by atoms with E-state index < -0.39 is 0 Å². The van der Waals surface area contributed by atoms with Crippen LogP contribution in [0.2, 0.25) is 0 Å². The molecule has 1 atom stereocenters. The van der Waals surface area contributed by atoms with E-state index in [1.165, 1.54) is 16.5 Å². The lowest BCUT2D eigenvalue weighted by Gasteiger charge is -2.35. The summed E-state index contributed by atoms with van der Waals surface area (Å²) >= 11 is 3.60. The molecule has 2 heterocycles. The normalized spacial score (nSPS) is 15.6. The van der Waals surface area contributed by atoms with Crippen LogP contribution in [-0.2, 0) is 6.42 Å². The molecule has 6 heteroatoms. The number of aromatic amines is 1. The number of H-pyrrole nitrogens is 1. The van der Waals surface area contributed by atoms with E-state index in [2.05, 4.69) is 71.2 Å². The molecule has 0 bridgehead atoms. The summed E-state index contributed by atoms with van der Waals surface area (Å²) in [6, 6.07) is 21.4. The number of nitrogen functional groups attached to an aromatic ring is 1. The molecule has 5 rings (SSSR count). The van der Waals surface area contributed by atoms with Gasteiger partial charge in [-0.15, -0.1) is 0 Å². The fourth-order valence-electron chi connectivity index (χ4n) is 4.56. The number of benzene rings is 3. The number of ether oxygens (including phenoxy) is 1. The fourth-order valence-corrected chi connectivity index (χ4v) is 4.92. The molecule has 3 aromatic carbocycles. The number of aromatic nitrogens is 1. The lowest BCUT2D eigenvalue weighted by atomic mass is 9.91. The molecule has 168 valence electrons. The van der Waals surface area contributed by atoms with Crippen molar-refractivity contribution >= 4 is 38.6 Å². The maximum atomic E-state index is 13.3. The lowest BCUT2D eigenvalue weighted by Crippen LogP contribution is -2.42. The van der Waals surface area contributed by atoms with Crippen LogP contribution >= 0.6 is 15.9 Å². The van der Waals surface area contributed by atoms with E-state index in [-0.39, 0.29) is 12.1 Å². The topological polar surface area (TPSA) is 71.3 Å². The van der Waals surface area contributed by atoms with Crippen LogP contribution in [0, 0.1) is 0 Å². The van der Waals surface area contributed by atoms with Gasteiger partial charge in [0.05, 0.1) is 0 Å². The van der Waals surface area contributed by atoms with Crippen molar-refractivity contribution in [2.24, 2.45) is 0 Å². The third-order valence-corrected chi connectivity index (χ3v) is 6.82. The molecule has 4 aromatic rings. The summed E-state index contributed by atoms with van der Waals surface area (Å²) in [4.78, 5) is 18.8. The first kappa shape index (κ1) is 21.6. The van der Waals surface area contributed by atoms with E-state index in [0.717, 1.165) is 27.7 Å². The minimum absolute atomic E-state index is 0.262. The van der Waals surface area contributed by atoms with Crippen LogP contribution in [0.15, 0.2) is 71.2 Å². The first-order valence-electron chi connectivity index (χ1n) is 11.1. The molecule has 0 saturated carbocycles. The van der Waals surface area contributed by atoms with E-state index in [1.54, 1.807) is 24.3 Å². The minimum atomic E-state index is -0.372. The molecule has 1 aliphatic rings. The molecule has 1 unspecified atom stereocenters. The number of rotatable bonds is 3. The number of hydrogen-bond donors (Lipinski definition) is 2. The maximum Gasteiger partial charge on any atom is 0.416 e. The number of halogens is 1. The van der Waals surface area contributed by atoms with Crippen LogP contribution < -0.4 is 10.5 Å². The molecular weight excluding hydrogens is 478 g/mol. The van der Waals surface area contributed by atoms with Crippen molar-refractivity contribution in [1.82, 2.24) is 9.88 Å². The number of nitrogens with zero attached hydrogens (tertiary/aromatic N) is 1. The highest BCUT2D eigenvalue weighted by Gasteiger charge is 2.35. The summed E-state index contributed by atoms with van der Waals surface area (Å²) in [7, 11) is 0. The molecule has 5 nitrogen and oxygen atoms in total. The van der Waals surface area contributed by atoms with Gasteiger partial charge in [0.15, 0.2) is 0 Å². The predicted octanol–water partition coefficient (Wildman–Crippen LogP) is 6.78. The Bertz CT molecular complexity index is 1310. The Kier molecular flexibility index (Phi) is 5.62. The largest absolute Gasteiger partial charge is 0.416 e. The van der Waals surface area contributed by atoms with Crippen LogP contribution in [0.3, 0.4) is 0 Å². The number of amides is 1. The molecule has 1 aromatic heterocycles. The van der Waals surface area contributed by atoms with Crippen molar-refractivity contribution in [3.05, 3.63) is 93.6 Å². The van der Waals surface area contributed by atoms with Gasteiger partial charge in [-0.3, -0.25) is 4.90 Å². The first-order valence-corrected chi connectivity index (χ1v) is 11.9. The Morgan fingerprint density at radius 3 is 2.52 bits per heavy atom. The molecule has 1 amide bonds. The average Bonchev–Trinajstić information content (AvgIpc) is 3.17. The standard InChI is InChI=1S/C27H26BrN3O2/c1-16(2)17-3-5-18(6-4-17)26-25-22(23-15-19(28)7-12-24(23)30-25)13-14-31(26)27(32)33-21-10-8-20(29)9-11-21/h3-12,15-16,26,30H,13-14,29H2,1-2H3. The van der Waals surface area contributed by atoms with Crippen molar-refractivity contribution in [2.75, 3.05) is 12.3 Å². The van der Waals surface area contributed by atoms with Gasteiger partial charge in [0.1, 0.15) is 11.8 Å². The molecule has 33 heavy (non-hydrogen) atoms. The minimum Gasteiger partial charge on any atom is -0.410 e. The zero-order valence-corrected chi connectivity index (χ0v) is 20.2. The van der Waals surface area contributed by atoms with E-state index in [9.17, 15) is 4.79 Å². The first-order chi connectivity index (χ1) is 15.9. The number of anilines is 1. The van der Waals surface area contributed by atoms with Gasteiger partial charge in [-0.05, 0) is 71.5 Å². The van der Waals surface area contributed by atoms with Crippen LogP contribution in [-0.4, -0.2) is 22.5 Å². The predicted molar refractivity (Wildman–Crippen MR) is 136 cm³/mol. The van der Waals surface area contributed by atoms with Gasteiger partial charge in [0.2, 0.25) is 0 Å². The van der Waals surface area contributed by atoms with Gasteiger partial charge in [0, 0.05) is 33.3 Å². The van der Waals surface area contributed by atoms with Crippen LogP contribution in [0.25, 0.3) is 10.9 Å². The van der Waals surface area contributed by atoms with E-state index in [1.807, 2.05) is 11.0 Å². The second-order valence-electron chi connectivity index (χ2n) is 8.81.